The quantitative estimate of drug-likeness (QED) is 0.745. The van der Waals surface area contributed by atoms with Crippen LogP contribution in [0.5, 0.6) is 0 Å². The van der Waals surface area contributed by atoms with E-state index in [-0.39, 0.29) is 6.61 Å². The van der Waals surface area contributed by atoms with Crippen LogP contribution < -0.4 is 10.6 Å². The third-order valence-corrected chi connectivity index (χ3v) is 4.11. The van der Waals surface area contributed by atoms with Crippen molar-refractivity contribution < 1.29 is 5.11 Å². The van der Waals surface area contributed by atoms with Gasteiger partial charge in [0, 0.05) is 30.7 Å². The fraction of sp³-hybridized carbons (Fsp3) is 0.733. The molecule has 1 aliphatic carbocycles. The standard InChI is InChI=1S/C15H26N4O/c1-3-12-14(16-4-2)17-10-18-15(12)19-13-8-6-5-7-11(13)9-20/h10-11,13,20H,3-9H2,1-2H3,(H2,16,17,18,19). The van der Waals surface area contributed by atoms with Crippen molar-refractivity contribution in [3.8, 4) is 0 Å². The molecule has 0 amide bonds. The Kier molecular flexibility index (Phi) is 5.59. The zero-order valence-electron chi connectivity index (χ0n) is 12.5. The zero-order valence-corrected chi connectivity index (χ0v) is 12.5. The lowest BCUT2D eigenvalue weighted by Crippen LogP contribution is -2.35. The van der Waals surface area contributed by atoms with Crippen molar-refractivity contribution in [3.05, 3.63) is 11.9 Å². The number of rotatable bonds is 6. The van der Waals surface area contributed by atoms with Crippen LogP contribution in [-0.2, 0) is 6.42 Å². The van der Waals surface area contributed by atoms with Gasteiger partial charge >= 0.3 is 0 Å². The molecule has 112 valence electrons. The largest absolute Gasteiger partial charge is 0.396 e. The van der Waals surface area contributed by atoms with Gasteiger partial charge in [-0.25, -0.2) is 9.97 Å². The molecule has 0 aromatic carbocycles. The van der Waals surface area contributed by atoms with Gasteiger partial charge in [0.05, 0.1) is 0 Å². The summed E-state index contributed by atoms with van der Waals surface area (Å²) in [6.07, 6.45) is 7.14. The van der Waals surface area contributed by atoms with E-state index in [2.05, 4.69) is 34.4 Å². The molecule has 20 heavy (non-hydrogen) atoms. The minimum absolute atomic E-state index is 0.254. The van der Waals surface area contributed by atoms with E-state index in [0.717, 1.165) is 43.0 Å². The van der Waals surface area contributed by atoms with Gasteiger partial charge in [-0.1, -0.05) is 19.8 Å². The van der Waals surface area contributed by atoms with Gasteiger partial charge in [0.1, 0.15) is 18.0 Å². The Balaban J connectivity index is 2.17. The second-order valence-corrected chi connectivity index (χ2v) is 5.41. The minimum Gasteiger partial charge on any atom is -0.396 e. The predicted molar refractivity (Wildman–Crippen MR) is 82.0 cm³/mol. The number of aromatic nitrogens is 2. The summed E-state index contributed by atoms with van der Waals surface area (Å²) in [6, 6.07) is 0.323. The van der Waals surface area contributed by atoms with Crippen LogP contribution in [0.25, 0.3) is 0 Å². The van der Waals surface area contributed by atoms with Crippen molar-refractivity contribution in [2.75, 3.05) is 23.8 Å². The summed E-state index contributed by atoms with van der Waals surface area (Å²) in [5.41, 5.74) is 1.14. The van der Waals surface area contributed by atoms with E-state index in [1.54, 1.807) is 6.33 Å². The first-order valence-electron chi connectivity index (χ1n) is 7.75. The van der Waals surface area contributed by atoms with Crippen molar-refractivity contribution >= 4 is 11.6 Å². The number of hydrogen-bond donors (Lipinski definition) is 3. The van der Waals surface area contributed by atoms with Crippen molar-refractivity contribution in [2.24, 2.45) is 5.92 Å². The highest BCUT2D eigenvalue weighted by molar-refractivity contribution is 5.57. The first kappa shape index (κ1) is 15.0. The van der Waals surface area contributed by atoms with Crippen molar-refractivity contribution in [1.82, 2.24) is 9.97 Å². The van der Waals surface area contributed by atoms with Crippen LogP contribution in [0.1, 0.15) is 45.1 Å². The van der Waals surface area contributed by atoms with Crippen LogP contribution in [0.3, 0.4) is 0 Å². The third-order valence-electron chi connectivity index (χ3n) is 4.11. The summed E-state index contributed by atoms with van der Waals surface area (Å²) in [6.45, 7) is 5.29. The first-order valence-corrected chi connectivity index (χ1v) is 7.75. The lowest BCUT2D eigenvalue weighted by Gasteiger charge is -2.32. The van der Waals surface area contributed by atoms with Gasteiger partial charge in [-0.15, -0.1) is 0 Å². The normalized spacial score (nSPS) is 22.6. The molecule has 0 radical (unpaired) electrons. The highest BCUT2D eigenvalue weighted by Crippen LogP contribution is 2.29. The van der Waals surface area contributed by atoms with Gasteiger partial charge in [-0.05, 0) is 26.2 Å². The van der Waals surface area contributed by atoms with Gasteiger partial charge < -0.3 is 15.7 Å². The third kappa shape index (κ3) is 3.39. The Hall–Kier alpha value is -1.36. The van der Waals surface area contributed by atoms with Crippen molar-refractivity contribution in [2.45, 2.75) is 52.0 Å². The van der Waals surface area contributed by atoms with Gasteiger partial charge in [-0.3, -0.25) is 0 Å². The molecule has 3 N–H and O–H groups in total. The summed E-state index contributed by atoms with van der Waals surface area (Å²) in [7, 11) is 0. The van der Waals surface area contributed by atoms with Gasteiger partial charge in [0.25, 0.3) is 0 Å². The molecule has 0 bridgehead atoms. The Morgan fingerprint density at radius 3 is 2.65 bits per heavy atom. The number of hydrogen-bond acceptors (Lipinski definition) is 5. The second kappa shape index (κ2) is 7.43. The van der Waals surface area contributed by atoms with E-state index >= 15 is 0 Å². The summed E-state index contributed by atoms with van der Waals surface area (Å²) in [5, 5.41) is 16.4. The van der Waals surface area contributed by atoms with E-state index < -0.39 is 0 Å². The molecular formula is C15H26N4O. The Bertz CT molecular complexity index is 424. The molecule has 2 atom stereocenters. The smallest absolute Gasteiger partial charge is 0.134 e. The maximum absolute atomic E-state index is 9.52. The van der Waals surface area contributed by atoms with Crippen LogP contribution in [0.2, 0.25) is 0 Å². The lowest BCUT2D eigenvalue weighted by atomic mass is 9.85. The van der Waals surface area contributed by atoms with Crippen molar-refractivity contribution in [3.63, 3.8) is 0 Å². The van der Waals surface area contributed by atoms with Crippen LogP contribution in [0.15, 0.2) is 6.33 Å². The monoisotopic (exact) mass is 278 g/mol. The zero-order chi connectivity index (χ0) is 14.4. The fourth-order valence-corrected chi connectivity index (χ4v) is 2.98. The van der Waals surface area contributed by atoms with Gasteiger partial charge in [0.2, 0.25) is 0 Å². The topological polar surface area (TPSA) is 70.1 Å². The highest BCUT2D eigenvalue weighted by Gasteiger charge is 2.25. The average molecular weight is 278 g/mol. The summed E-state index contributed by atoms with van der Waals surface area (Å²) in [5.74, 6) is 2.18. The number of anilines is 2. The van der Waals surface area contributed by atoms with E-state index in [1.807, 2.05) is 0 Å². The number of nitrogens with zero attached hydrogens (tertiary/aromatic N) is 2. The molecule has 5 nitrogen and oxygen atoms in total. The van der Waals surface area contributed by atoms with E-state index in [4.69, 9.17) is 0 Å². The van der Waals surface area contributed by atoms with E-state index in [1.165, 1.54) is 12.8 Å². The first-order chi connectivity index (χ1) is 9.80. The van der Waals surface area contributed by atoms with Crippen LogP contribution >= 0.6 is 0 Å². The average Bonchev–Trinajstić information content (AvgIpc) is 2.48. The molecule has 5 heteroatoms. The number of aliphatic hydroxyl groups is 1. The van der Waals surface area contributed by atoms with Crippen molar-refractivity contribution in [1.29, 1.82) is 0 Å². The van der Waals surface area contributed by atoms with Gasteiger partial charge in [0.15, 0.2) is 0 Å². The molecule has 1 heterocycles. The number of aliphatic hydroxyl groups excluding tert-OH is 1. The molecule has 0 saturated heterocycles. The van der Waals surface area contributed by atoms with E-state index in [9.17, 15) is 5.11 Å². The molecule has 0 aliphatic heterocycles. The maximum Gasteiger partial charge on any atom is 0.134 e. The summed E-state index contributed by atoms with van der Waals surface area (Å²) < 4.78 is 0. The second-order valence-electron chi connectivity index (χ2n) is 5.41. The molecule has 1 fully saturated rings. The van der Waals surface area contributed by atoms with Crippen LogP contribution in [0.4, 0.5) is 11.6 Å². The molecule has 1 aromatic heterocycles. The SMILES string of the molecule is CCNc1ncnc(NC2CCCCC2CO)c1CC. The Labute approximate surface area is 121 Å². The number of nitrogens with one attached hydrogen (secondary N) is 2. The molecule has 2 rings (SSSR count). The molecular weight excluding hydrogens is 252 g/mol. The van der Waals surface area contributed by atoms with E-state index in [0.29, 0.717) is 12.0 Å². The minimum atomic E-state index is 0.254. The molecule has 0 spiro atoms. The summed E-state index contributed by atoms with van der Waals surface area (Å²) in [4.78, 5) is 8.73. The molecule has 1 aromatic rings. The Morgan fingerprint density at radius 2 is 1.95 bits per heavy atom. The van der Waals surface area contributed by atoms with Gasteiger partial charge in [-0.2, -0.15) is 0 Å². The predicted octanol–water partition coefficient (Wildman–Crippen LogP) is 2.43. The van der Waals surface area contributed by atoms with Crippen LogP contribution in [-0.4, -0.2) is 34.3 Å². The van der Waals surface area contributed by atoms with Crippen LogP contribution in [0, 0.1) is 5.92 Å². The molecule has 1 saturated carbocycles. The molecule has 2 unspecified atom stereocenters. The molecule has 1 aliphatic rings. The maximum atomic E-state index is 9.52. The summed E-state index contributed by atoms with van der Waals surface area (Å²) >= 11 is 0. The fourth-order valence-electron chi connectivity index (χ4n) is 2.98. The highest BCUT2D eigenvalue weighted by atomic mass is 16.3. The Morgan fingerprint density at radius 1 is 1.20 bits per heavy atom. The lowest BCUT2D eigenvalue weighted by molar-refractivity contribution is 0.178.